The number of nitrogens with zero attached hydrogens (tertiary/aromatic N) is 3. The summed E-state index contributed by atoms with van der Waals surface area (Å²) in [5, 5.41) is 11.7. The van der Waals surface area contributed by atoms with Crippen molar-refractivity contribution in [3.8, 4) is 5.75 Å². The number of sulfonamides is 1. The standard InChI is InChI=1S/C15H20N4O4S2/c1-9(2)14-17-18-15(24-14)16-13(20)10-6-7-11(23-5)12(8-10)25(21,22)19(3)4/h6-9H,1-5H3,(H,16,18,20). The van der Waals surface area contributed by atoms with Crippen LogP contribution in [0.3, 0.4) is 0 Å². The predicted octanol–water partition coefficient (Wildman–Crippen LogP) is 2.17. The molecular formula is C15H20N4O4S2. The molecule has 0 fully saturated rings. The van der Waals surface area contributed by atoms with Crippen LogP contribution in [0.25, 0.3) is 0 Å². The fourth-order valence-corrected chi connectivity index (χ4v) is 3.72. The van der Waals surface area contributed by atoms with E-state index in [-0.39, 0.29) is 22.1 Å². The molecule has 25 heavy (non-hydrogen) atoms. The number of amides is 1. The number of ether oxygens (including phenoxy) is 1. The number of anilines is 1. The average molecular weight is 384 g/mol. The molecule has 0 saturated heterocycles. The first-order valence-corrected chi connectivity index (χ1v) is 9.67. The highest BCUT2D eigenvalue weighted by molar-refractivity contribution is 7.89. The molecule has 1 N–H and O–H groups in total. The fourth-order valence-electron chi connectivity index (χ4n) is 1.90. The van der Waals surface area contributed by atoms with Gasteiger partial charge in [0, 0.05) is 25.6 Å². The Balaban J connectivity index is 2.34. The van der Waals surface area contributed by atoms with Crippen LogP contribution in [0.5, 0.6) is 5.75 Å². The van der Waals surface area contributed by atoms with Gasteiger partial charge in [-0.15, -0.1) is 10.2 Å². The number of benzene rings is 1. The van der Waals surface area contributed by atoms with E-state index in [9.17, 15) is 13.2 Å². The number of rotatable bonds is 6. The number of hydrogen-bond acceptors (Lipinski definition) is 7. The maximum atomic E-state index is 12.4. The van der Waals surface area contributed by atoms with Crippen molar-refractivity contribution in [1.82, 2.24) is 14.5 Å². The molecular weight excluding hydrogens is 364 g/mol. The number of carbonyl (C=O) groups excluding carboxylic acids is 1. The normalized spacial score (nSPS) is 11.8. The molecule has 0 unspecified atom stereocenters. The van der Waals surface area contributed by atoms with Gasteiger partial charge in [-0.1, -0.05) is 25.2 Å². The van der Waals surface area contributed by atoms with Crippen LogP contribution in [-0.4, -0.2) is 50.0 Å². The molecule has 2 rings (SSSR count). The third-order valence-corrected chi connectivity index (χ3v) is 6.31. The highest BCUT2D eigenvalue weighted by atomic mass is 32.2. The van der Waals surface area contributed by atoms with Crippen LogP contribution < -0.4 is 10.1 Å². The smallest absolute Gasteiger partial charge is 0.257 e. The Morgan fingerprint density at radius 3 is 2.48 bits per heavy atom. The third kappa shape index (κ3) is 4.14. The number of methoxy groups -OCH3 is 1. The summed E-state index contributed by atoms with van der Waals surface area (Å²) in [6, 6.07) is 4.23. The van der Waals surface area contributed by atoms with E-state index in [4.69, 9.17) is 4.74 Å². The first kappa shape index (κ1) is 19.3. The van der Waals surface area contributed by atoms with Crippen LogP contribution in [0.2, 0.25) is 0 Å². The van der Waals surface area contributed by atoms with Crippen LogP contribution in [0, 0.1) is 0 Å². The molecule has 136 valence electrons. The second-order valence-corrected chi connectivity index (χ2v) is 8.84. The van der Waals surface area contributed by atoms with E-state index in [1.165, 1.54) is 50.7 Å². The van der Waals surface area contributed by atoms with Crippen LogP contribution in [-0.2, 0) is 10.0 Å². The number of carbonyl (C=O) groups is 1. The van der Waals surface area contributed by atoms with E-state index < -0.39 is 15.9 Å². The van der Waals surface area contributed by atoms with Gasteiger partial charge in [0.2, 0.25) is 15.2 Å². The zero-order chi connectivity index (χ0) is 18.8. The number of nitrogens with one attached hydrogen (secondary N) is 1. The lowest BCUT2D eigenvalue weighted by molar-refractivity contribution is 0.102. The highest BCUT2D eigenvalue weighted by Gasteiger charge is 2.24. The van der Waals surface area contributed by atoms with Gasteiger partial charge in [-0.3, -0.25) is 10.1 Å². The van der Waals surface area contributed by atoms with E-state index in [1.54, 1.807) is 0 Å². The SMILES string of the molecule is COc1ccc(C(=O)Nc2nnc(C(C)C)s2)cc1S(=O)(=O)N(C)C. The molecule has 10 heteroatoms. The molecule has 0 radical (unpaired) electrons. The Bertz CT molecular complexity index is 875. The summed E-state index contributed by atoms with van der Waals surface area (Å²) in [4.78, 5) is 12.3. The van der Waals surface area contributed by atoms with E-state index in [0.29, 0.717) is 5.13 Å². The molecule has 2 aromatic rings. The maximum Gasteiger partial charge on any atom is 0.257 e. The van der Waals surface area contributed by atoms with Crippen molar-refractivity contribution < 1.29 is 17.9 Å². The molecule has 0 spiro atoms. The van der Waals surface area contributed by atoms with Gasteiger partial charge >= 0.3 is 0 Å². The summed E-state index contributed by atoms with van der Waals surface area (Å²) in [7, 11) is 0.447. The Morgan fingerprint density at radius 2 is 1.96 bits per heavy atom. The highest BCUT2D eigenvalue weighted by Crippen LogP contribution is 2.28. The summed E-state index contributed by atoms with van der Waals surface area (Å²) in [6.07, 6.45) is 0. The van der Waals surface area contributed by atoms with Crippen LogP contribution in [0.1, 0.15) is 35.1 Å². The summed E-state index contributed by atoms with van der Waals surface area (Å²) in [6.45, 7) is 3.96. The Kier molecular flexibility index (Phi) is 5.76. The van der Waals surface area contributed by atoms with Gasteiger partial charge in [0.15, 0.2) is 0 Å². The van der Waals surface area contributed by atoms with Crippen molar-refractivity contribution in [2.45, 2.75) is 24.7 Å². The van der Waals surface area contributed by atoms with Gasteiger partial charge < -0.3 is 4.74 Å². The van der Waals surface area contributed by atoms with Crippen molar-refractivity contribution >= 4 is 32.4 Å². The second kappa shape index (κ2) is 7.46. The molecule has 1 amide bonds. The Hall–Kier alpha value is -2.04. The molecule has 0 aliphatic carbocycles. The van der Waals surface area contributed by atoms with Gasteiger partial charge in [-0.2, -0.15) is 0 Å². The summed E-state index contributed by atoms with van der Waals surface area (Å²) < 4.78 is 31.0. The molecule has 0 aliphatic heterocycles. The first-order chi connectivity index (χ1) is 11.7. The lowest BCUT2D eigenvalue weighted by atomic mass is 10.2. The van der Waals surface area contributed by atoms with E-state index >= 15 is 0 Å². The minimum absolute atomic E-state index is 0.0761. The van der Waals surface area contributed by atoms with Crippen molar-refractivity contribution in [3.05, 3.63) is 28.8 Å². The first-order valence-electron chi connectivity index (χ1n) is 7.42. The van der Waals surface area contributed by atoms with Crippen molar-refractivity contribution in [3.63, 3.8) is 0 Å². The molecule has 0 atom stereocenters. The van der Waals surface area contributed by atoms with E-state index in [0.717, 1.165) is 9.31 Å². The topological polar surface area (TPSA) is 101 Å². The quantitative estimate of drug-likeness (QED) is 0.819. The van der Waals surface area contributed by atoms with Gasteiger partial charge in [-0.05, 0) is 18.2 Å². The fraction of sp³-hybridized carbons (Fsp3) is 0.400. The maximum absolute atomic E-state index is 12.4. The molecule has 1 heterocycles. The third-order valence-electron chi connectivity index (χ3n) is 3.34. The van der Waals surface area contributed by atoms with Crippen LogP contribution in [0.4, 0.5) is 5.13 Å². The summed E-state index contributed by atoms with van der Waals surface area (Å²) >= 11 is 1.28. The number of hydrogen-bond donors (Lipinski definition) is 1. The summed E-state index contributed by atoms with van der Waals surface area (Å²) in [5.74, 6) is -0.0893. The Morgan fingerprint density at radius 1 is 1.28 bits per heavy atom. The zero-order valence-electron chi connectivity index (χ0n) is 14.6. The lowest BCUT2D eigenvalue weighted by Gasteiger charge is -2.15. The molecule has 0 saturated carbocycles. The molecule has 1 aromatic heterocycles. The van der Waals surface area contributed by atoms with Gasteiger partial charge in [-0.25, -0.2) is 12.7 Å². The van der Waals surface area contributed by atoms with Crippen molar-refractivity contribution in [2.24, 2.45) is 0 Å². The van der Waals surface area contributed by atoms with Crippen molar-refractivity contribution in [2.75, 3.05) is 26.5 Å². The predicted molar refractivity (Wildman–Crippen MR) is 95.8 cm³/mol. The minimum Gasteiger partial charge on any atom is -0.495 e. The zero-order valence-corrected chi connectivity index (χ0v) is 16.2. The Labute approximate surface area is 150 Å². The average Bonchev–Trinajstić information content (AvgIpc) is 3.02. The van der Waals surface area contributed by atoms with E-state index in [2.05, 4.69) is 15.5 Å². The van der Waals surface area contributed by atoms with Gasteiger partial charge in [0.05, 0.1) is 7.11 Å². The van der Waals surface area contributed by atoms with Crippen LogP contribution in [0.15, 0.2) is 23.1 Å². The van der Waals surface area contributed by atoms with Gasteiger partial charge in [0.25, 0.3) is 5.91 Å². The summed E-state index contributed by atoms with van der Waals surface area (Å²) in [5.41, 5.74) is 0.183. The monoisotopic (exact) mass is 384 g/mol. The van der Waals surface area contributed by atoms with Crippen LogP contribution >= 0.6 is 11.3 Å². The largest absolute Gasteiger partial charge is 0.495 e. The molecule has 8 nitrogen and oxygen atoms in total. The number of aromatic nitrogens is 2. The van der Waals surface area contributed by atoms with Gasteiger partial charge in [0.1, 0.15) is 15.7 Å². The van der Waals surface area contributed by atoms with E-state index in [1.807, 2.05) is 13.8 Å². The molecule has 0 aliphatic rings. The molecule has 1 aromatic carbocycles. The lowest BCUT2D eigenvalue weighted by Crippen LogP contribution is -2.23. The van der Waals surface area contributed by atoms with Crippen molar-refractivity contribution in [1.29, 1.82) is 0 Å². The second-order valence-electron chi connectivity index (χ2n) is 5.71. The molecule has 0 bridgehead atoms. The minimum atomic E-state index is -3.75.